The predicted octanol–water partition coefficient (Wildman–Crippen LogP) is 1.66. The first kappa shape index (κ1) is 12.7. The summed E-state index contributed by atoms with van der Waals surface area (Å²) < 4.78 is 5.38. The molecule has 0 spiro atoms. The minimum atomic E-state index is -0.336. The number of aryl methyl sites for hydroxylation is 1. The number of carbonyl (C=O) groups excluding carboxylic acids is 1. The molecule has 20 heavy (non-hydrogen) atoms. The van der Waals surface area contributed by atoms with E-state index in [1.54, 1.807) is 20.0 Å². The molecule has 2 aromatic heterocycles. The molecule has 0 aromatic carbocycles. The lowest BCUT2D eigenvalue weighted by Gasteiger charge is -2.09. The molecule has 1 amide bonds. The van der Waals surface area contributed by atoms with Gasteiger partial charge in [-0.05, 0) is 26.7 Å². The van der Waals surface area contributed by atoms with Crippen LogP contribution in [0.5, 0.6) is 0 Å². The largest absolute Gasteiger partial charge is 0.444 e. The van der Waals surface area contributed by atoms with Gasteiger partial charge in [-0.3, -0.25) is 9.89 Å². The zero-order valence-electron chi connectivity index (χ0n) is 11.4. The maximum atomic E-state index is 12.2. The number of nitrogens with two attached hydrogens (primary N) is 1. The van der Waals surface area contributed by atoms with Gasteiger partial charge >= 0.3 is 0 Å². The van der Waals surface area contributed by atoms with Gasteiger partial charge in [0, 0.05) is 5.92 Å². The Morgan fingerprint density at radius 1 is 1.60 bits per heavy atom. The summed E-state index contributed by atoms with van der Waals surface area (Å²) in [6.07, 6.45) is 3.81. The van der Waals surface area contributed by atoms with Crippen LogP contribution < -0.4 is 11.1 Å². The fourth-order valence-corrected chi connectivity index (χ4v) is 2.12. The molecular weight excluding hydrogens is 258 g/mol. The zero-order valence-corrected chi connectivity index (χ0v) is 11.4. The van der Waals surface area contributed by atoms with E-state index in [9.17, 15) is 4.79 Å². The Morgan fingerprint density at radius 2 is 2.35 bits per heavy atom. The fraction of sp³-hybridized carbons (Fsp3) is 0.462. The van der Waals surface area contributed by atoms with Gasteiger partial charge in [0.25, 0.3) is 5.91 Å². The quantitative estimate of drug-likeness (QED) is 0.786. The lowest BCUT2D eigenvalue weighted by atomic mass is 10.2. The SMILES string of the molecule is Cc1cnc(C(C)NC(=O)c2n[nH]c(C3CC3)c2N)o1. The number of rotatable bonds is 4. The number of amides is 1. The summed E-state index contributed by atoms with van der Waals surface area (Å²) in [5, 5.41) is 9.66. The molecule has 106 valence electrons. The molecule has 0 radical (unpaired) electrons. The van der Waals surface area contributed by atoms with Crippen molar-refractivity contribution in [3.05, 3.63) is 29.2 Å². The Bertz CT molecular complexity index is 641. The molecule has 1 atom stereocenters. The monoisotopic (exact) mass is 275 g/mol. The first-order chi connectivity index (χ1) is 9.56. The highest BCUT2D eigenvalue weighted by Gasteiger charge is 2.30. The van der Waals surface area contributed by atoms with Gasteiger partial charge in [0.2, 0.25) is 5.89 Å². The summed E-state index contributed by atoms with van der Waals surface area (Å²) in [6, 6.07) is -0.336. The Balaban J connectivity index is 1.72. The molecule has 1 unspecified atom stereocenters. The van der Waals surface area contributed by atoms with Crippen LogP contribution in [0.25, 0.3) is 0 Å². The maximum Gasteiger partial charge on any atom is 0.274 e. The highest BCUT2D eigenvalue weighted by Crippen LogP contribution is 2.42. The molecule has 7 nitrogen and oxygen atoms in total. The van der Waals surface area contributed by atoms with Crippen LogP contribution in [0.15, 0.2) is 10.6 Å². The molecule has 1 aliphatic carbocycles. The van der Waals surface area contributed by atoms with E-state index in [1.807, 2.05) is 0 Å². The van der Waals surface area contributed by atoms with Crippen LogP contribution >= 0.6 is 0 Å². The van der Waals surface area contributed by atoms with Crippen molar-refractivity contribution in [2.75, 3.05) is 5.73 Å². The molecule has 1 fully saturated rings. The molecule has 7 heteroatoms. The number of H-pyrrole nitrogens is 1. The van der Waals surface area contributed by atoms with Crippen molar-refractivity contribution in [3.63, 3.8) is 0 Å². The third kappa shape index (κ3) is 2.26. The number of aromatic amines is 1. The third-order valence-electron chi connectivity index (χ3n) is 3.39. The van der Waals surface area contributed by atoms with Crippen molar-refractivity contribution in [1.29, 1.82) is 0 Å². The van der Waals surface area contributed by atoms with Crippen LogP contribution in [0.1, 0.15) is 59.6 Å². The van der Waals surface area contributed by atoms with Crippen molar-refractivity contribution in [2.24, 2.45) is 0 Å². The summed E-state index contributed by atoms with van der Waals surface area (Å²) in [4.78, 5) is 16.3. The van der Waals surface area contributed by atoms with Gasteiger partial charge in [-0.2, -0.15) is 5.10 Å². The number of aromatic nitrogens is 3. The Kier molecular flexibility index (Phi) is 2.96. The molecule has 4 N–H and O–H groups in total. The maximum absolute atomic E-state index is 12.2. The topological polar surface area (TPSA) is 110 Å². The number of nitrogens with zero attached hydrogens (tertiary/aromatic N) is 2. The van der Waals surface area contributed by atoms with Crippen LogP contribution in [0, 0.1) is 6.92 Å². The number of nitrogens with one attached hydrogen (secondary N) is 2. The number of hydrogen-bond donors (Lipinski definition) is 3. The van der Waals surface area contributed by atoms with Gasteiger partial charge < -0.3 is 15.5 Å². The van der Waals surface area contributed by atoms with E-state index in [4.69, 9.17) is 10.2 Å². The molecule has 2 aromatic rings. The van der Waals surface area contributed by atoms with Gasteiger partial charge in [0.05, 0.1) is 17.6 Å². The summed E-state index contributed by atoms with van der Waals surface area (Å²) in [5.41, 5.74) is 7.52. The molecule has 1 aliphatic rings. The molecule has 0 bridgehead atoms. The van der Waals surface area contributed by atoms with Crippen molar-refractivity contribution >= 4 is 11.6 Å². The number of nitrogen functional groups attached to an aromatic ring is 1. The van der Waals surface area contributed by atoms with Crippen molar-refractivity contribution in [2.45, 2.75) is 38.6 Å². The summed E-state index contributed by atoms with van der Waals surface area (Å²) in [6.45, 7) is 3.60. The van der Waals surface area contributed by atoms with E-state index in [0.717, 1.165) is 18.5 Å². The molecule has 3 rings (SSSR count). The lowest BCUT2D eigenvalue weighted by molar-refractivity contribution is 0.0929. The van der Waals surface area contributed by atoms with Crippen molar-refractivity contribution < 1.29 is 9.21 Å². The highest BCUT2D eigenvalue weighted by atomic mass is 16.4. The average molecular weight is 275 g/mol. The number of anilines is 1. The van der Waals surface area contributed by atoms with Crippen LogP contribution in [-0.2, 0) is 0 Å². The summed E-state index contributed by atoms with van der Waals surface area (Å²) >= 11 is 0. The second-order valence-electron chi connectivity index (χ2n) is 5.18. The van der Waals surface area contributed by atoms with Crippen molar-refractivity contribution in [3.8, 4) is 0 Å². The van der Waals surface area contributed by atoms with Gasteiger partial charge in [0.15, 0.2) is 5.69 Å². The molecule has 0 aliphatic heterocycles. The number of carbonyl (C=O) groups is 1. The molecular formula is C13H17N5O2. The number of hydrogen-bond acceptors (Lipinski definition) is 5. The van der Waals surface area contributed by atoms with E-state index >= 15 is 0 Å². The smallest absolute Gasteiger partial charge is 0.274 e. The Labute approximate surface area is 115 Å². The highest BCUT2D eigenvalue weighted by molar-refractivity contribution is 5.97. The molecule has 1 saturated carbocycles. The van der Waals surface area contributed by atoms with E-state index in [1.165, 1.54) is 0 Å². The van der Waals surface area contributed by atoms with E-state index in [2.05, 4.69) is 20.5 Å². The molecule has 2 heterocycles. The second kappa shape index (κ2) is 4.66. The van der Waals surface area contributed by atoms with Crippen LogP contribution in [0.3, 0.4) is 0 Å². The standard InChI is InChI=1S/C13H17N5O2/c1-6-5-15-13(20-6)7(2)16-12(19)11-9(14)10(17-18-11)8-3-4-8/h5,7-8H,3-4,14H2,1-2H3,(H,16,19)(H,17,18). The summed E-state index contributed by atoms with van der Waals surface area (Å²) in [7, 11) is 0. The Hall–Kier alpha value is -2.31. The third-order valence-corrected chi connectivity index (χ3v) is 3.39. The van der Waals surface area contributed by atoms with Gasteiger partial charge in [-0.25, -0.2) is 4.98 Å². The van der Waals surface area contributed by atoms with Gasteiger partial charge in [-0.1, -0.05) is 0 Å². The number of oxazole rings is 1. The van der Waals surface area contributed by atoms with Crippen molar-refractivity contribution in [1.82, 2.24) is 20.5 Å². The minimum Gasteiger partial charge on any atom is -0.444 e. The van der Waals surface area contributed by atoms with Crippen LogP contribution in [0.2, 0.25) is 0 Å². The van der Waals surface area contributed by atoms with E-state index in [0.29, 0.717) is 23.3 Å². The lowest BCUT2D eigenvalue weighted by Crippen LogP contribution is -2.27. The first-order valence-corrected chi connectivity index (χ1v) is 6.63. The Morgan fingerprint density at radius 3 is 2.95 bits per heavy atom. The van der Waals surface area contributed by atoms with Crippen LogP contribution in [0.4, 0.5) is 5.69 Å². The first-order valence-electron chi connectivity index (χ1n) is 6.63. The second-order valence-corrected chi connectivity index (χ2v) is 5.18. The summed E-state index contributed by atoms with van der Waals surface area (Å²) in [5.74, 6) is 1.27. The molecule has 0 saturated heterocycles. The van der Waals surface area contributed by atoms with Gasteiger partial charge in [-0.15, -0.1) is 0 Å². The fourth-order valence-electron chi connectivity index (χ4n) is 2.12. The van der Waals surface area contributed by atoms with Gasteiger partial charge in [0.1, 0.15) is 11.8 Å². The van der Waals surface area contributed by atoms with E-state index < -0.39 is 0 Å². The predicted molar refractivity (Wildman–Crippen MR) is 72.1 cm³/mol. The van der Waals surface area contributed by atoms with Crippen LogP contribution in [-0.4, -0.2) is 21.1 Å². The van der Waals surface area contributed by atoms with E-state index in [-0.39, 0.29) is 17.6 Å². The zero-order chi connectivity index (χ0) is 14.3. The normalized spacial score (nSPS) is 16.1. The minimum absolute atomic E-state index is 0.238. The average Bonchev–Trinajstić information content (AvgIpc) is 3.03.